The average Bonchev–Trinajstić information content (AvgIpc) is 2.10. The first-order valence-corrected chi connectivity index (χ1v) is 5.07. The molecule has 0 aliphatic heterocycles. The number of unbranched alkanes of at least 4 members (excludes halogenated alkanes) is 4. The maximum absolute atomic E-state index is 5.43. The normalized spacial score (nSPS) is 11.8. The number of hydrogen-bond acceptors (Lipinski definition) is 1. The second kappa shape index (κ2) is 8.63. The van der Waals surface area contributed by atoms with Gasteiger partial charge in [0.05, 0.1) is 12.4 Å². The van der Waals surface area contributed by atoms with Crippen LogP contribution in [0.25, 0.3) is 0 Å². The van der Waals surface area contributed by atoms with E-state index < -0.39 is 0 Å². The van der Waals surface area contributed by atoms with Gasteiger partial charge in [0.15, 0.2) is 0 Å². The summed E-state index contributed by atoms with van der Waals surface area (Å²) in [6, 6.07) is 0. The van der Waals surface area contributed by atoms with Gasteiger partial charge in [-0.15, -0.1) is 0 Å². The lowest BCUT2D eigenvalue weighted by molar-refractivity contribution is 0.206. The molecule has 0 fully saturated rings. The molecule has 0 aromatic carbocycles. The van der Waals surface area contributed by atoms with Gasteiger partial charge in [-0.1, -0.05) is 38.7 Å². The van der Waals surface area contributed by atoms with E-state index in [0.717, 1.165) is 12.4 Å². The molecular formula is C11H22O. The molecule has 1 heteroatoms. The molecule has 0 saturated heterocycles. The third-order valence-electron chi connectivity index (χ3n) is 1.98. The molecule has 0 amide bonds. The molecule has 0 rings (SSSR count). The largest absolute Gasteiger partial charge is 0.499 e. The van der Waals surface area contributed by atoms with E-state index in [1.165, 1.54) is 32.1 Å². The number of rotatable bonds is 7. The monoisotopic (exact) mass is 170 g/mol. The Morgan fingerprint density at radius 3 is 2.42 bits per heavy atom. The van der Waals surface area contributed by atoms with Gasteiger partial charge in [-0.2, -0.15) is 0 Å². The van der Waals surface area contributed by atoms with Gasteiger partial charge in [-0.05, 0) is 20.3 Å². The van der Waals surface area contributed by atoms with Gasteiger partial charge in [0.25, 0.3) is 0 Å². The van der Waals surface area contributed by atoms with Gasteiger partial charge in [-0.25, -0.2) is 0 Å². The van der Waals surface area contributed by atoms with Gasteiger partial charge in [0.1, 0.15) is 0 Å². The molecule has 0 radical (unpaired) electrons. The lowest BCUT2D eigenvalue weighted by Crippen LogP contribution is -1.91. The van der Waals surface area contributed by atoms with Crippen LogP contribution in [-0.2, 0) is 4.74 Å². The highest BCUT2D eigenvalue weighted by atomic mass is 16.5. The Hall–Kier alpha value is -0.460. The van der Waals surface area contributed by atoms with Crippen LogP contribution in [0.5, 0.6) is 0 Å². The van der Waals surface area contributed by atoms with E-state index in [9.17, 15) is 0 Å². The van der Waals surface area contributed by atoms with Crippen LogP contribution in [0.4, 0.5) is 0 Å². The summed E-state index contributed by atoms with van der Waals surface area (Å²) in [7, 11) is 0. The lowest BCUT2D eigenvalue weighted by atomic mass is 10.2. The highest BCUT2D eigenvalue weighted by Crippen LogP contribution is 2.04. The lowest BCUT2D eigenvalue weighted by Gasteiger charge is -2.04. The standard InChI is InChI=1S/C11H22O/c1-4-6-7-8-9-10-12-11(3)5-2/h5H,4,6-10H2,1-3H3/b11-5+. The smallest absolute Gasteiger partial charge is 0.0886 e. The molecule has 0 aliphatic rings. The molecule has 0 saturated carbocycles. The summed E-state index contributed by atoms with van der Waals surface area (Å²) in [5.41, 5.74) is 0. The zero-order valence-corrected chi connectivity index (χ0v) is 8.73. The predicted molar refractivity (Wildman–Crippen MR) is 54.1 cm³/mol. The molecule has 72 valence electrons. The van der Waals surface area contributed by atoms with Crippen molar-refractivity contribution < 1.29 is 4.74 Å². The predicted octanol–water partition coefficient (Wildman–Crippen LogP) is 3.90. The van der Waals surface area contributed by atoms with Crippen LogP contribution in [0.2, 0.25) is 0 Å². The Balaban J connectivity index is 3.00. The number of ether oxygens (including phenoxy) is 1. The van der Waals surface area contributed by atoms with Gasteiger partial charge >= 0.3 is 0 Å². The summed E-state index contributed by atoms with van der Waals surface area (Å²) in [6.07, 6.45) is 8.55. The molecule has 1 nitrogen and oxygen atoms in total. The quantitative estimate of drug-likeness (QED) is 0.416. The first kappa shape index (κ1) is 11.5. The zero-order valence-electron chi connectivity index (χ0n) is 8.73. The Morgan fingerprint density at radius 1 is 1.17 bits per heavy atom. The molecule has 0 spiro atoms. The van der Waals surface area contributed by atoms with Crippen molar-refractivity contribution in [3.05, 3.63) is 11.8 Å². The van der Waals surface area contributed by atoms with E-state index in [2.05, 4.69) is 6.92 Å². The highest BCUT2D eigenvalue weighted by molar-refractivity contribution is 4.83. The maximum atomic E-state index is 5.43. The van der Waals surface area contributed by atoms with Crippen molar-refractivity contribution in [3.8, 4) is 0 Å². The molecule has 0 bridgehead atoms. The van der Waals surface area contributed by atoms with E-state index in [4.69, 9.17) is 4.74 Å². The van der Waals surface area contributed by atoms with Gasteiger partial charge < -0.3 is 4.74 Å². The van der Waals surface area contributed by atoms with Crippen LogP contribution in [0.1, 0.15) is 52.9 Å². The Bertz CT molecular complexity index is 116. The molecule has 0 aliphatic carbocycles. The molecule has 0 atom stereocenters. The molecule has 12 heavy (non-hydrogen) atoms. The summed E-state index contributed by atoms with van der Waals surface area (Å²) in [5, 5.41) is 0. The van der Waals surface area contributed by atoms with Crippen molar-refractivity contribution in [2.24, 2.45) is 0 Å². The Morgan fingerprint density at radius 2 is 1.83 bits per heavy atom. The summed E-state index contributed by atoms with van der Waals surface area (Å²) >= 11 is 0. The fourth-order valence-electron chi connectivity index (χ4n) is 1.02. The van der Waals surface area contributed by atoms with Crippen LogP contribution >= 0.6 is 0 Å². The average molecular weight is 170 g/mol. The fraction of sp³-hybridized carbons (Fsp3) is 0.818. The second-order valence-corrected chi connectivity index (χ2v) is 3.16. The molecular weight excluding hydrogens is 148 g/mol. The summed E-state index contributed by atoms with van der Waals surface area (Å²) < 4.78 is 5.43. The van der Waals surface area contributed by atoms with Gasteiger partial charge in [-0.3, -0.25) is 0 Å². The minimum Gasteiger partial charge on any atom is -0.499 e. The number of hydrogen-bond donors (Lipinski definition) is 0. The van der Waals surface area contributed by atoms with Crippen molar-refractivity contribution in [1.82, 2.24) is 0 Å². The Kier molecular flexibility index (Phi) is 8.30. The number of allylic oxidation sites excluding steroid dienone is 2. The van der Waals surface area contributed by atoms with E-state index in [1.807, 2.05) is 19.9 Å². The van der Waals surface area contributed by atoms with E-state index in [-0.39, 0.29) is 0 Å². The van der Waals surface area contributed by atoms with Crippen LogP contribution in [0, 0.1) is 0 Å². The minimum atomic E-state index is 0.889. The molecule has 0 heterocycles. The van der Waals surface area contributed by atoms with Crippen molar-refractivity contribution in [3.63, 3.8) is 0 Å². The van der Waals surface area contributed by atoms with Crippen molar-refractivity contribution >= 4 is 0 Å². The van der Waals surface area contributed by atoms with Crippen molar-refractivity contribution in [2.75, 3.05) is 6.61 Å². The van der Waals surface area contributed by atoms with Crippen LogP contribution in [0.15, 0.2) is 11.8 Å². The second-order valence-electron chi connectivity index (χ2n) is 3.16. The van der Waals surface area contributed by atoms with Crippen LogP contribution < -0.4 is 0 Å². The minimum absolute atomic E-state index is 0.889. The third kappa shape index (κ3) is 7.64. The first-order valence-electron chi connectivity index (χ1n) is 5.07. The third-order valence-corrected chi connectivity index (χ3v) is 1.98. The summed E-state index contributed by atoms with van der Waals surface area (Å²) in [5.74, 6) is 1.05. The van der Waals surface area contributed by atoms with Gasteiger partial charge in [0, 0.05) is 0 Å². The molecule has 0 aromatic heterocycles. The molecule has 0 unspecified atom stereocenters. The van der Waals surface area contributed by atoms with E-state index in [0.29, 0.717) is 0 Å². The topological polar surface area (TPSA) is 9.23 Å². The highest BCUT2D eigenvalue weighted by Gasteiger charge is 1.90. The van der Waals surface area contributed by atoms with Crippen LogP contribution in [0.3, 0.4) is 0 Å². The van der Waals surface area contributed by atoms with E-state index >= 15 is 0 Å². The summed E-state index contributed by atoms with van der Waals surface area (Å²) in [4.78, 5) is 0. The van der Waals surface area contributed by atoms with Gasteiger partial charge in [0.2, 0.25) is 0 Å². The zero-order chi connectivity index (χ0) is 9.23. The fourth-order valence-corrected chi connectivity index (χ4v) is 1.02. The summed E-state index contributed by atoms with van der Waals surface area (Å²) in [6.45, 7) is 7.14. The van der Waals surface area contributed by atoms with E-state index in [1.54, 1.807) is 0 Å². The van der Waals surface area contributed by atoms with Crippen molar-refractivity contribution in [1.29, 1.82) is 0 Å². The van der Waals surface area contributed by atoms with Crippen LogP contribution in [-0.4, -0.2) is 6.61 Å². The SMILES string of the molecule is C/C=C(\C)OCCCCCCC. The maximum Gasteiger partial charge on any atom is 0.0886 e. The molecule has 0 aromatic rings. The molecule has 0 N–H and O–H groups in total. The Labute approximate surface area is 76.8 Å². The first-order chi connectivity index (χ1) is 5.81. The van der Waals surface area contributed by atoms with Crippen molar-refractivity contribution in [2.45, 2.75) is 52.9 Å².